The fraction of sp³-hybridized carbons (Fsp3) is 0.231. The van der Waals surface area contributed by atoms with Crippen LogP contribution in [-0.2, 0) is 6.61 Å². The predicted molar refractivity (Wildman–Crippen MR) is 76.7 cm³/mol. The number of nitro groups is 1. The van der Waals surface area contributed by atoms with Crippen molar-refractivity contribution >= 4 is 11.5 Å². The Balaban J connectivity index is 2.24. The lowest BCUT2D eigenvalue weighted by Crippen LogP contribution is -2.12. The Morgan fingerprint density at radius 3 is 2.81 bits per heavy atom. The van der Waals surface area contributed by atoms with Gasteiger partial charge in [0.1, 0.15) is 12.4 Å². The van der Waals surface area contributed by atoms with Crippen molar-refractivity contribution in [3.63, 3.8) is 0 Å². The molecule has 0 saturated carbocycles. The van der Waals surface area contributed by atoms with Gasteiger partial charge >= 0.3 is 5.69 Å². The molecule has 1 heterocycles. The number of nitro benzene ring substituents is 1. The second-order valence-electron chi connectivity index (χ2n) is 4.42. The van der Waals surface area contributed by atoms with E-state index in [1.165, 1.54) is 6.07 Å². The molecule has 8 heteroatoms. The average Bonchev–Trinajstić information content (AvgIpc) is 2.45. The molecule has 110 valence electrons. The Bertz CT molecular complexity index is 675. The van der Waals surface area contributed by atoms with E-state index in [1.54, 1.807) is 32.0 Å². The number of nitrogens with two attached hydrogens (primary N) is 1. The van der Waals surface area contributed by atoms with Gasteiger partial charge in [-0.1, -0.05) is 12.1 Å². The maximum Gasteiger partial charge on any atom is 0.311 e. The predicted octanol–water partition coefficient (Wildman–Crippen LogP) is 1.87. The fourth-order valence-corrected chi connectivity index (χ4v) is 1.87. The normalized spacial score (nSPS) is 10.2. The second-order valence-corrected chi connectivity index (χ2v) is 4.42. The molecule has 1 aromatic carbocycles. The summed E-state index contributed by atoms with van der Waals surface area (Å²) in [5.41, 5.74) is 3.74. The summed E-state index contributed by atoms with van der Waals surface area (Å²) in [5.74, 6) is 6.38. The smallest absolute Gasteiger partial charge is 0.311 e. The minimum Gasteiger partial charge on any atom is -0.478 e. The summed E-state index contributed by atoms with van der Waals surface area (Å²) in [7, 11) is 0. The topological polar surface area (TPSA) is 116 Å². The molecule has 21 heavy (non-hydrogen) atoms. The first kappa shape index (κ1) is 14.7. The Hall–Kier alpha value is -2.74. The van der Waals surface area contributed by atoms with E-state index >= 15 is 0 Å². The molecule has 0 unspecified atom stereocenters. The summed E-state index contributed by atoms with van der Waals surface area (Å²) in [4.78, 5) is 18.9. The van der Waals surface area contributed by atoms with Crippen LogP contribution >= 0.6 is 0 Å². The van der Waals surface area contributed by atoms with Crippen LogP contribution in [0, 0.1) is 24.0 Å². The summed E-state index contributed by atoms with van der Waals surface area (Å²) >= 11 is 0. The van der Waals surface area contributed by atoms with Crippen molar-refractivity contribution in [3.8, 4) is 5.75 Å². The molecular formula is C13H15N5O3. The summed E-state index contributed by atoms with van der Waals surface area (Å²) in [5, 5.41) is 11.0. The monoisotopic (exact) mass is 289 g/mol. The van der Waals surface area contributed by atoms with Crippen LogP contribution in [0.3, 0.4) is 0 Å². The number of nitrogens with zero attached hydrogens (tertiary/aromatic N) is 3. The second kappa shape index (κ2) is 6.14. The summed E-state index contributed by atoms with van der Waals surface area (Å²) in [6.45, 7) is 3.55. The maximum absolute atomic E-state index is 11.0. The highest BCUT2D eigenvalue weighted by molar-refractivity contribution is 5.51. The molecule has 1 aromatic heterocycles. The van der Waals surface area contributed by atoms with Gasteiger partial charge in [0.2, 0.25) is 5.75 Å². The first-order chi connectivity index (χ1) is 10.0. The number of anilines is 1. The molecule has 0 spiro atoms. The van der Waals surface area contributed by atoms with Gasteiger partial charge in [-0.05, 0) is 19.4 Å². The van der Waals surface area contributed by atoms with E-state index in [2.05, 4.69) is 15.4 Å². The van der Waals surface area contributed by atoms with Crippen LogP contribution in [0.1, 0.15) is 17.1 Å². The van der Waals surface area contributed by atoms with Crippen LogP contribution in [0.4, 0.5) is 11.5 Å². The standard InChI is InChI=1S/C13H15N5O3/c1-8-4-3-5-10(18(19)20)13(8)21-7-12-15-9(2)6-11(16-12)17-14/h3-6H,7,14H2,1-2H3,(H,15,16,17). The van der Waals surface area contributed by atoms with Gasteiger partial charge in [0.25, 0.3) is 0 Å². The molecule has 0 radical (unpaired) electrons. The highest BCUT2D eigenvalue weighted by Crippen LogP contribution is 2.30. The third kappa shape index (κ3) is 3.42. The first-order valence-corrected chi connectivity index (χ1v) is 6.19. The van der Waals surface area contributed by atoms with Crippen molar-refractivity contribution in [1.29, 1.82) is 0 Å². The van der Waals surface area contributed by atoms with Gasteiger partial charge in [-0.25, -0.2) is 15.8 Å². The number of aromatic nitrogens is 2. The van der Waals surface area contributed by atoms with Gasteiger partial charge in [-0.15, -0.1) is 0 Å². The highest BCUT2D eigenvalue weighted by atomic mass is 16.6. The van der Waals surface area contributed by atoms with E-state index in [1.807, 2.05) is 0 Å². The van der Waals surface area contributed by atoms with Crippen molar-refractivity contribution < 1.29 is 9.66 Å². The number of benzene rings is 1. The highest BCUT2D eigenvalue weighted by Gasteiger charge is 2.17. The molecule has 0 aliphatic heterocycles. The Morgan fingerprint density at radius 2 is 2.14 bits per heavy atom. The minimum absolute atomic E-state index is 0.0159. The fourth-order valence-electron chi connectivity index (χ4n) is 1.87. The van der Waals surface area contributed by atoms with Crippen molar-refractivity contribution in [3.05, 3.63) is 51.5 Å². The molecule has 0 aliphatic rings. The molecule has 2 aromatic rings. The van der Waals surface area contributed by atoms with Gasteiger partial charge in [0.05, 0.1) is 4.92 Å². The molecule has 3 N–H and O–H groups in total. The zero-order valence-corrected chi connectivity index (χ0v) is 11.7. The molecular weight excluding hydrogens is 274 g/mol. The molecule has 0 bridgehead atoms. The van der Waals surface area contributed by atoms with E-state index < -0.39 is 4.92 Å². The van der Waals surface area contributed by atoms with Gasteiger partial charge in [0, 0.05) is 17.8 Å². The number of hydrogen-bond donors (Lipinski definition) is 2. The number of hydrogen-bond acceptors (Lipinski definition) is 7. The Kier molecular flexibility index (Phi) is 4.29. The van der Waals surface area contributed by atoms with Gasteiger partial charge in [-0.3, -0.25) is 10.1 Å². The van der Waals surface area contributed by atoms with Gasteiger partial charge in [0.15, 0.2) is 5.82 Å². The SMILES string of the molecule is Cc1cc(NN)nc(COc2c(C)cccc2[N+](=O)[O-])n1. The Labute approximate surface area is 121 Å². The maximum atomic E-state index is 11.0. The number of rotatable bonds is 5. The number of nitrogen functional groups attached to an aromatic ring is 1. The van der Waals surface area contributed by atoms with Crippen LogP contribution in [0.25, 0.3) is 0 Å². The van der Waals surface area contributed by atoms with E-state index in [4.69, 9.17) is 10.6 Å². The lowest BCUT2D eigenvalue weighted by Gasteiger charge is -2.10. The van der Waals surface area contributed by atoms with Gasteiger partial charge in [-0.2, -0.15) is 0 Å². The third-order valence-corrected chi connectivity index (χ3v) is 2.78. The quantitative estimate of drug-likeness (QED) is 0.490. The first-order valence-electron chi connectivity index (χ1n) is 6.19. The van der Waals surface area contributed by atoms with Crippen LogP contribution in [0.2, 0.25) is 0 Å². The largest absolute Gasteiger partial charge is 0.478 e. The number of aryl methyl sites for hydroxylation is 2. The minimum atomic E-state index is -0.480. The van der Waals surface area contributed by atoms with Crippen molar-refractivity contribution in [2.45, 2.75) is 20.5 Å². The number of ether oxygens (including phenoxy) is 1. The molecule has 0 amide bonds. The van der Waals surface area contributed by atoms with Crippen LogP contribution < -0.4 is 16.0 Å². The zero-order valence-electron chi connectivity index (χ0n) is 11.7. The van der Waals surface area contributed by atoms with Crippen LogP contribution in [0.5, 0.6) is 5.75 Å². The number of para-hydroxylation sites is 1. The van der Waals surface area contributed by atoms with Crippen molar-refractivity contribution in [2.24, 2.45) is 5.84 Å². The number of hydrazine groups is 1. The molecule has 8 nitrogen and oxygen atoms in total. The molecule has 2 rings (SSSR count). The third-order valence-electron chi connectivity index (χ3n) is 2.78. The lowest BCUT2D eigenvalue weighted by atomic mass is 10.2. The van der Waals surface area contributed by atoms with Crippen molar-refractivity contribution in [1.82, 2.24) is 9.97 Å². The van der Waals surface area contributed by atoms with E-state index in [0.29, 0.717) is 17.2 Å². The molecule has 0 atom stereocenters. The average molecular weight is 289 g/mol. The number of nitrogens with one attached hydrogen (secondary N) is 1. The molecule has 0 saturated heterocycles. The molecule has 0 aliphatic carbocycles. The summed E-state index contributed by atoms with van der Waals surface area (Å²) in [6, 6.07) is 6.43. The van der Waals surface area contributed by atoms with E-state index in [9.17, 15) is 10.1 Å². The van der Waals surface area contributed by atoms with Crippen molar-refractivity contribution in [2.75, 3.05) is 5.43 Å². The zero-order chi connectivity index (χ0) is 15.4. The van der Waals surface area contributed by atoms with E-state index in [0.717, 1.165) is 5.69 Å². The van der Waals surface area contributed by atoms with Crippen LogP contribution in [0.15, 0.2) is 24.3 Å². The van der Waals surface area contributed by atoms with E-state index in [-0.39, 0.29) is 18.0 Å². The molecule has 0 fully saturated rings. The lowest BCUT2D eigenvalue weighted by molar-refractivity contribution is -0.386. The summed E-state index contributed by atoms with van der Waals surface area (Å²) < 4.78 is 5.53. The van der Waals surface area contributed by atoms with Gasteiger partial charge < -0.3 is 10.2 Å². The van der Waals surface area contributed by atoms with Crippen LogP contribution in [-0.4, -0.2) is 14.9 Å². The summed E-state index contributed by atoms with van der Waals surface area (Å²) in [6.07, 6.45) is 0. The Morgan fingerprint density at radius 1 is 1.38 bits per heavy atom.